The number of hydrogen-bond acceptors (Lipinski definition) is 4. The maximum absolute atomic E-state index is 14.1. The number of nitrogens with zero attached hydrogens (tertiary/aromatic N) is 2. The van der Waals surface area contributed by atoms with Gasteiger partial charge < -0.3 is 9.73 Å². The molecule has 0 radical (unpaired) electrons. The molecule has 4 aromatic rings. The Labute approximate surface area is 160 Å². The van der Waals surface area contributed by atoms with Gasteiger partial charge in [0.15, 0.2) is 5.76 Å². The Morgan fingerprint density at radius 1 is 1.11 bits per heavy atom. The molecule has 0 spiro atoms. The first-order valence-corrected chi connectivity index (χ1v) is 8.56. The number of furan rings is 1. The van der Waals surface area contributed by atoms with Crippen LogP contribution in [0.15, 0.2) is 77.4 Å². The molecule has 0 aliphatic carbocycles. The number of amides is 1. The monoisotopic (exact) mass is 371 g/mol. The highest BCUT2D eigenvalue weighted by molar-refractivity contribution is 6.07. The zero-order chi connectivity index (χ0) is 19.5. The molecule has 1 unspecified atom stereocenters. The molecule has 1 atom stereocenters. The molecule has 5 nitrogen and oxygen atoms in total. The number of halogens is 1. The molecule has 28 heavy (non-hydrogen) atoms. The summed E-state index contributed by atoms with van der Waals surface area (Å²) in [5.74, 6) is -0.530. The summed E-state index contributed by atoms with van der Waals surface area (Å²) in [4.78, 5) is 17.5. The van der Waals surface area contributed by atoms with Crippen LogP contribution in [0.25, 0.3) is 22.4 Å². The maximum Gasteiger partial charge on any atom is 0.253 e. The summed E-state index contributed by atoms with van der Waals surface area (Å²) in [7, 11) is 0. The number of benzene rings is 2. The van der Waals surface area contributed by atoms with Gasteiger partial charge in [0.2, 0.25) is 0 Å². The summed E-state index contributed by atoms with van der Waals surface area (Å²) >= 11 is 0. The molecule has 0 saturated heterocycles. The average molecular weight is 371 g/mol. The molecule has 0 fully saturated rings. The van der Waals surface area contributed by atoms with Crippen LogP contribution in [-0.4, -0.2) is 10.9 Å². The minimum atomic E-state index is -1.12. The summed E-state index contributed by atoms with van der Waals surface area (Å²) in [6, 6.07) is 19.0. The van der Waals surface area contributed by atoms with E-state index in [9.17, 15) is 14.4 Å². The molecule has 6 heteroatoms. The van der Waals surface area contributed by atoms with Crippen molar-refractivity contribution in [2.24, 2.45) is 0 Å². The summed E-state index contributed by atoms with van der Waals surface area (Å²) in [5, 5.41) is 12.7. The first kappa shape index (κ1) is 17.4. The third kappa shape index (κ3) is 3.21. The minimum Gasteiger partial charge on any atom is -0.463 e. The van der Waals surface area contributed by atoms with Crippen LogP contribution in [0.3, 0.4) is 0 Å². The van der Waals surface area contributed by atoms with Crippen molar-refractivity contribution in [1.29, 1.82) is 5.26 Å². The van der Waals surface area contributed by atoms with Gasteiger partial charge in [-0.05, 0) is 30.3 Å². The normalized spacial score (nSPS) is 11.7. The standard InChI is InChI=1S/C22H14FN3O2/c23-17-8-3-1-7-15(17)20(13-24)26-22(27)16-12-19(21-10-5-11-28-21)25-18-9-4-2-6-14(16)18/h1-12,20H,(H,26,27). The second-order valence-electron chi connectivity index (χ2n) is 6.11. The highest BCUT2D eigenvalue weighted by atomic mass is 19.1. The molecule has 0 bridgehead atoms. The maximum atomic E-state index is 14.1. The van der Waals surface area contributed by atoms with E-state index in [0.29, 0.717) is 27.9 Å². The molecule has 1 N–H and O–H groups in total. The Hall–Kier alpha value is -3.98. The Morgan fingerprint density at radius 3 is 2.64 bits per heavy atom. The number of nitriles is 1. The van der Waals surface area contributed by atoms with Crippen molar-refractivity contribution in [2.75, 3.05) is 0 Å². The second-order valence-corrected chi connectivity index (χ2v) is 6.11. The lowest BCUT2D eigenvalue weighted by molar-refractivity contribution is 0.0946. The van der Waals surface area contributed by atoms with E-state index in [0.717, 1.165) is 0 Å². The lowest BCUT2D eigenvalue weighted by atomic mass is 10.0. The van der Waals surface area contributed by atoms with Crippen molar-refractivity contribution >= 4 is 16.8 Å². The fourth-order valence-electron chi connectivity index (χ4n) is 3.01. The number of para-hydroxylation sites is 1. The Morgan fingerprint density at radius 2 is 1.89 bits per heavy atom. The summed E-state index contributed by atoms with van der Waals surface area (Å²) in [6.07, 6.45) is 1.52. The predicted molar refractivity (Wildman–Crippen MR) is 102 cm³/mol. The number of rotatable bonds is 4. The van der Waals surface area contributed by atoms with Gasteiger partial charge >= 0.3 is 0 Å². The van der Waals surface area contributed by atoms with E-state index in [1.807, 2.05) is 12.1 Å². The number of pyridine rings is 1. The van der Waals surface area contributed by atoms with Gasteiger partial charge in [-0.15, -0.1) is 0 Å². The van der Waals surface area contributed by atoms with Crippen LogP contribution in [0, 0.1) is 17.1 Å². The van der Waals surface area contributed by atoms with Crippen molar-refractivity contribution in [1.82, 2.24) is 10.3 Å². The summed E-state index contributed by atoms with van der Waals surface area (Å²) in [5.41, 5.74) is 1.55. The predicted octanol–water partition coefficient (Wildman–Crippen LogP) is 4.63. The number of carbonyl (C=O) groups is 1. The molecule has 4 rings (SSSR count). The van der Waals surface area contributed by atoms with Crippen molar-refractivity contribution < 1.29 is 13.6 Å². The van der Waals surface area contributed by atoms with Crippen LogP contribution in [-0.2, 0) is 0 Å². The SMILES string of the molecule is N#CC(NC(=O)c1cc(-c2ccco2)nc2ccccc12)c1ccccc1F. The van der Waals surface area contributed by atoms with Gasteiger partial charge in [0, 0.05) is 10.9 Å². The minimum absolute atomic E-state index is 0.114. The third-order valence-corrected chi connectivity index (χ3v) is 4.36. The van der Waals surface area contributed by atoms with Crippen LogP contribution in [0.1, 0.15) is 22.0 Å². The fraction of sp³-hybridized carbons (Fsp3) is 0.0455. The van der Waals surface area contributed by atoms with E-state index in [2.05, 4.69) is 10.3 Å². The van der Waals surface area contributed by atoms with Gasteiger partial charge in [-0.1, -0.05) is 36.4 Å². The van der Waals surface area contributed by atoms with Crippen LogP contribution < -0.4 is 5.32 Å². The van der Waals surface area contributed by atoms with Gasteiger partial charge in [0.25, 0.3) is 5.91 Å². The average Bonchev–Trinajstić information content (AvgIpc) is 3.26. The third-order valence-electron chi connectivity index (χ3n) is 4.36. The van der Waals surface area contributed by atoms with Gasteiger partial charge in [-0.3, -0.25) is 4.79 Å². The van der Waals surface area contributed by atoms with Gasteiger partial charge in [-0.2, -0.15) is 5.26 Å². The molecule has 0 aliphatic heterocycles. The molecular formula is C22H14FN3O2. The highest BCUT2D eigenvalue weighted by Gasteiger charge is 2.21. The largest absolute Gasteiger partial charge is 0.463 e. The van der Waals surface area contributed by atoms with Crippen LogP contribution in [0.2, 0.25) is 0 Å². The summed E-state index contributed by atoms with van der Waals surface area (Å²) in [6.45, 7) is 0. The van der Waals surface area contributed by atoms with Gasteiger partial charge in [0.05, 0.1) is 23.4 Å². The number of fused-ring (bicyclic) bond motifs is 1. The topological polar surface area (TPSA) is 78.9 Å². The first-order valence-electron chi connectivity index (χ1n) is 8.56. The van der Waals surface area contributed by atoms with E-state index in [4.69, 9.17) is 4.42 Å². The molecule has 136 valence electrons. The highest BCUT2D eigenvalue weighted by Crippen LogP contribution is 2.26. The lowest BCUT2D eigenvalue weighted by Crippen LogP contribution is -2.28. The molecule has 0 saturated carbocycles. The van der Waals surface area contributed by atoms with Crippen molar-refractivity contribution in [3.63, 3.8) is 0 Å². The Balaban J connectivity index is 1.76. The van der Waals surface area contributed by atoms with E-state index in [-0.39, 0.29) is 5.56 Å². The Bertz CT molecular complexity index is 1200. The zero-order valence-corrected chi connectivity index (χ0v) is 14.6. The Kier molecular flexibility index (Phi) is 4.56. The quantitative estimate of drug-likeness (QED) is 0.567. The van der Waals surface area contributed by atoms with E-state index in [1.54, 1.807) is 42.5 Å². The zero-order valence-electron chi connectivity index (χ0n) is 14.6. The van der Waals surface area contributed by atoms with Gasteiger partial charge in [-0.25, -0.2) is 9.37 Å². The number of nitrogens with one attached hydrogen (secondary N) is 1. The van der Waals surface area contributed by atoms with E-state index >= 15 is 0 Å². The number of hydrogen-bond donors (Lipinski definition) is 1. The first-order chi connectivity index (χ1) is 13.7. The van der Waals surface area contributed by atoms with E-state index in [1.165, 1.54) is 24.5 Å². The summed E-state index contributed by atoms with van der Waals surface area (Å²) < 4.78 is 19.5. The molecule has 0 aliphatic rings. The van der Waals surface area contributed by atoms with Crippen molar-refractivity contribution in [3.8, 4) is 17.5 Å². The smallest absolute Gasteiger partial charge is 0.253 e. The number of carbonyl (C=O) groups excluding carboxylic acids is 1. The van der Waals surface area contributed by atoms with Crippen LogP contribution >= 0.6 is 0 Å². The second kappa shape index (κ2) is 7.33. The fourth-order valence-corrected chi connectivity index (χ4v) is 3.01. The molecule has 2 aromatic carbocycles. The number of aromatic nitrogens is 1. The van der Waals surface area contributed by atoms with Crippen LogP contribution in [0.4, 0.5) is 4.39 Å². The van der Waals surface area contributed by atoms with Gasteiger partial charge in [0.1, 0.15) is 17.6 Å². The van der Waals surface area contributed by atoms with Crippen LogP contribution in [0.5, 0.6) is 0 Å². The molecule has 1 amide bonds. The van der Waals surface area contributed by atoms with E-state index < -0.39 is 17.8 Å². The molecular weight excluding hydrogens is 357 g/mol. The van der Waals surface area contributed by atoms with Crippen molar-refractivity contribution in [3.05, 3.63) is 89.9 Å². The molecule has 2 heterocycles. The van der Waals surface area contributed by atoms with Crippen molar-refractivity contribution in [2.45, 2.75) is 6.04 Å². The molecule has 2 aromatic heterocycles. The lowest BCUT2D eigenvalue weighted by Gasteiger charge is -2.14.